The molecule has 37 heavy (non-hydrogen) atoms. The molecule has 3 aromatic rings. The van der Waals surface area contributed by atoms with Crippen molar-refractivity contribution in [3.8, 4) is 11.1 Å². The highest BCUT2D eigenvalue weighted by Crippen LogP contribution is 2.44. The minimum atomic E-state index is -0.425. The summed E-state index contributed by atoms with van der Waals surface area (Å²) in [6, 6.07) is 20.6. The van der Waals surface area contributed by atoms with Gasteiger partial charge in [0.05, 0.1) is 19.2 Å². The second kappa shape index (κ2) is 10.6. The number of hydrogen-bond acceptors (Lipinski definition) is 6. The van der Waals surface area contributed by atoms with E-state index >= 15 is 0 Å². The van der Waals surface area contributed by atoms with E-state index in [2.05, 4.69) is 34.5 Å². The third-order valence-electron chi connectivity index (χ3n) is 7.49. The second-order valence-corrected chi connectivity index (χ2v) is 9.60. The molecular formula is C30H33N3O4. The van der Waals surface area contributed by atoms with Gasteiger partial charge in [0.1, 0.15) is 6.61 Å². The quantitative estimate of drug-likeness (QED) is 0.504. The number of fused-ring (bicyclic) bond motifs is 3. The monoisotopic (exact) mass is 499 g/mol. The molecule has 2 aliphatic rings. The third-order valence-corrected chi connectivity index (χ3v) is 7.49. The maximum atomic E-state index is 13.3. The number of esters is 1. The lowest BCUT2D eigenvalue weighted by Gasteiger charge is -2.31. The minimum Gasteiger partial charge on any atom is -0.469 e. The predicted octanol–water partition coefficient (Wildman–Crippen LogP) is 4.51. The Balaban J connectivity index is 1.39. The van der Waals surface area contributed by atoms with E-state index in [-0.39, 0.29) is 24.9 Å². The lowest BCUT2D eigenvalue weighted by atomic mass is 9.98. The Labute approximate surface area is 218 Å². The van der Waals surface area contributed by atoms with Crippen LogP contribution in [0.4, 0.5) is 16.2 Å². The van der Waals surface area contributed by atoms with Crippen LogP contribution in [-0.2, 0) is 20.7 Å². The van der Waals surface area contributed by atoms with Crippen LogP contribution in [0.15, 0.2) is 60.7 Å². The highest BCUT2D eigenvalue weighted by molar-refractivity contribution is 5.90. The average Bonchev–Trinajstić information content (AvgIpc) is 3.26. The Kier molecular flexibility index (Phi) is 7.15. The first-order valence-electron chi connectivity index (χ1n) is 12.7. The Bertz CT molecular complexity index is 1270. The van der Waals surface area contributed by atoms with Gasteiger partial charge in [0.25, 0.3) is 0 Å². The van der Waals surface area contributed by atoms with Crippen molar-refractivity contribution in [1.82, 2.24) is 5.32 Å². The zero-order valence-electron chi connectivity index (χ0n) is 21.6. The average molecular weight is 500 g/mol. The molecule has 1 fully saturated rings. The molecule has 1 N–H and O–H groups in total. The van der Waals surface area contributed by atoms with Crippen LogP contribution < -0.4 is 15.1 Å². The second-order valence-electron chi connectivity index (χ2n) is 9.60. The molecule has 0 bridgehead atoms. The lowest BCUT2D eigenvalue weighted by molar-refractivity contribution is -0.139. The highest BCUT2D eigenvalue weighted by atomic mass is 16.6. The molecule has 0 saturated carbocycles. The molecule has 3 aromatic carbocycles. The van der Waals surface area contributed by atoms with Gasteiger partial charge < -0.3 is 19.7 Å². The van der Waals surface area contributed by atoms with Gasteiger partial charge in [-0.3, -0.25) is 9.69 Å². The zero-order chi connectivity index (χ0) is 25.9. The van der Waals surface area contributed by atoms with Crippen molar-refractivity contribution >= 4 is 23.4 Å². The fourth-order valence-electron chi connectivity index (χ4n) is 5.40. The van der Waals surface area contributed by atoms with Gasteiger partial charge in [0.15, 0.2) is 0 Å². The number of nitrogens with one attached hydrogen (secondary N) is 1. The number of piperazine rings is 1. The van der Waals surface area contributed by atoms with Gasteiger partial charge in [-0.2, -0.15) is 0 Å². The number of amides is 1. The van der Waals surface area contributed by atoms with E-state index < -0.39 is 6.09 Å². The Morgan fingerprint density at radius 3 is 2.24 bits per heavy atom. The molecule has 0 spiro atoms. The number of anilines is 2. The Hall–Kier alpha value is -3.84. The van der Waals surface area contributed by atoms with Crippen molar-refractivity contribution in [2.45, 2.75) is 19.3 Å². The molecule has 192 valence electrons. The summed E-state index contributed by atoms with van der Waals surface area (Å²) in [5.74, 6) is -0.316. The third kappa shape index (κ3) is 4.91. The summed E-state index contributed by atoms with van der Waals surface area (Å²) in [7, 11) is 3.12. The number of nitrogens with zero attached hydrogens (tertiary/aromatic N) is 2. The SMILES string of the molecule is COC(=O)Cc1cc(N2CCNCC2)cc(N(C)C(=O)OCC2c3ccccc3-c3ccccc32)c1C. The van der Waals surface area contributed by atoms with Crippen LogP contribution in [0.5, 0.6) is 0 Å². The van der Waals surface area contributed by atoms with Crippen molar-refractivity contribution < 1.29 is 19.1 Å². The summed E-state index contributed by atoms with van der Waals surface area (Å²) in [6.07, 6.45) is -0.278. The molecule has 0 atom stereocenters. The van der Waals surface area contributed by atoms with Crippen LogP contribution in [0.3, 0.4) is 0 Å². The fourth-order valence-corrected chi connectivity index (χ4v) is 5.40. The van der Waals surface area contributed by atoms with Crippen LogP contribution in [0.25, 0.3) is 11.1 Å². The zero-order valence-corrected chi connectivity index (χ0v) is 21.6. The van der Waals surface area contributed by atoms with Crippen molar-refractivity contribution in [3.63, 3.8) is 0 Å². The summed E-state index contributed by atoms with van der Waals surface area (Å²) in [6.45, 7) is 5.67. The molecule has 0 radical (unpaired) electrons. The minimum absolute atomic E-state index is 0.00656. The Morgan fingerprint density at radius 1 is 1.00 bits per heavy atom. The first-order chi connectivity index (χ1) is 18.0. The van der Waals surface area contributed by atoms with E-state index in [1.165, 1.54) is 29.4 Å². The highest BCUT2D eigenvalue weighted by Gasteiger charge is 2.30. The number of ether oxygens (including phenoxy) is 2. The van der Waals surface area contributed by atoms with Crippen molar-refractivity contribution in [2.24, 2.45) is 0 Å². The number of benzene rings is 3. The molecule has 1 heterocycles. The van der Waals surface area contributed by atoms with Crippen molar-refractivity contribution in [3.05, 3.63) is 82.9 Å². The van der Waals surface area contributed by atoms with E-state index in [1.807, 2.05) is 43.3 Å². The van der Waals surface area contributed by atoms with Gasteiger partial charge in [-0.05, 0) is 52.4 Å². The van der Waals surface area contributed by atoms with E-state index in [0.29, 0.717) is 0 Å². The van der Waals surface area contributed by atoms with Gasteiger partial charge >= 0.3 is 12.1 Å². The van der Waals surface area contributed by atoms with Gasteiger partial charge in [-0.15, -0.1) is 0 Å². The molecule has 0 aromatic heterocycles. The van der Waals surface area contributed by atoms with E-state index in [9.17, 15) is 9.59 Å². The van der Waals surface area contributed by atoms with Crippen molar-refractivity contribution in [1.29, 1.82) is 0 Å². The smallest absolute Gasteiger partial charge is 0.414 e. The summed E-state index contributed by atoms with van der Waals surface area (Å²) in [4.78, 5) is 29.3. The van der Waals surface area contributed by atoms with E-state index in [4.69, 9.17) is 9.47 Å². The fraction of sp³-hybridized carbons (Fsp3) is 0.333. The maximum Gasteiger partial charge on any atom is 0.414 e. The van der Waals surface area contributed by atoms with E-state index in [1.54, 1.807) is 11.9 Å². The Morgan fingerprint density at radius 2 is 1.62 bits per heavy atom. The standard InChI is InChI=1S/C30H33N3O4/c1-20-21(17-29(34)36-3)16-22(33-14-12-31-13-15-33)18-28(20)32(2)30(35)37-19-27-25-10-6-4-8-23(25)24-9-5-7-11-26(24)27/h4-11,16,18,27,31H,12-15,17,19H2,1-3H3. The van der Waals surface area contributed by atoms with E-state index in [0.717, 1.165) is 48.7 Å². The van der Waals surface area contributed by atoms with Crippen LogP contribution >= 0.6 is 0 Å². The predicted molar refractivity (Wildman–Crippen MR) is 145 cm³/mol. The van der Waals surface area contributed by atoms with Gasteiger partial charge in [0.2, 0.25) is 0 Å². The van der Waals surface area contributed by atoms with Gasteiger partial charge in [-0.1, -0.05) is 48.5 Å². The van der Waals surface area contributed by atoms with Crippen LogP contribution in [0, 0.1) is 6.92 Å². The summed E-state index contributed by atoms with van der Waals surface area (Å²) >= 11 is 0. The largest absolute Gasteiger partial charge is 0.469 e. The molecule has 0 unspecified atom stereocenters. The summed E-state index contributed by atoms with van der Waals surface area (Å²) in [5, 5.41) is 3.36. The molecular weight excluding hydrogens is 466 g/mol. The molecule has 5 rings (SSSR count). The first kappa shape index (κ1) is 24.8. The number of methoxy groups -OCH3 is 1. The van der Waals surface area contributed by atoms with Gasteiger partial charge in [0, 0.05) is 44.8 Å². The molecule has 7 nitrogen and oxygen atoms in total. The summed E-state index contributed by atoms with van der Waals surface area (Å²) < 4.78 is 10.8. The van der Waals surface area contributed by atoms with Gasteiger partial charge in [-0.25, -0.2) is 4.79 Å². The molecule has 1 aliphatic carbocycles. The molecule has 1 aliphatic heterocycles. The van der Waals surface area contributed by atoms with Crippen LogP contribution in [-0.4, -0.2) is 59.0 Å². The molecule has 1 amide bonds. The van der Waals surface area contributed by atoms with Crippen molar-refractivity contribution in [2.75, 3.05) is 56.7 Å². The van der Waals surface area contributed by atoms with Crippen LogP contribution in [0.1, 0.15) is 28.2 Å². The summed E-state index contributed by atoms with van der Waals surface area (Å²) in [5.41, 5.74) is 8.16. The van der Waals surface area contributed by atoms with Crippen LogP contribution in [0.2, 0.25) is 0 Å². The maximum absolute atomic E-state index is 13.3. The first-order valence-corrected chi connectivity index (χ1v) is 12.7. The number of carbonyl (C=O) groups is 2. The molecule has 1 saturated heterocycles. The number of carbonyl (C=O) groups excluding carboxylic acids is 2. The number of rotatable bonds is 6. The topological polar surface area (TPSA) is 71.1 Å². The number of hydrogen-bond donors (Lipinski definition) is 1. The normalized spacial score (nSPS) is 14.6. The lowest BCUT2D eigenvalue weighted by Crippen LogP contribution is -2.43. The molecule has 7 heteroatoms.